The molecule has 1 aromatic heterocycles. The average molecular weight is 457 g/mol. The summed E-state index contributed by atoms with van der Waals surface area (Å²) < 4.78 is 44.3. The van der Waals surface area contributed by atoms with Crippen molar-refractivity contribution >= 4 is 23.3 Å². The Hall–Kier alpha value is -3.49. The molecule has 0 bridgehead atoms. The molecule has 1 aromatic carbocycles. The number of benzene rings is 1. The fraction of sp³-hybridized carbons (Fsp3) is 0.333. The van der Waals surface area contributed by atoms with Crippen LogP contribution in [0.25, 0.3) is 0 Å². The maximum Gasteiger partial charge on any atom is 0.425 e. The lowest BCUT2D eigenvalue weighted by molar-refractivity contribution is -0.186. The first-order valence-corrected chi connectivity index (χ1v) is 10.3. The zero-order valence-corrected chi connectivity index (χ0v) is 18.3. The first-order chi connectivity index (χ1) is 15.4. The fourth-order valence-electron chi connectivity index (χ4n) is 4.46. The molecule has 9 heteroatoms. The van der Waals surface area contributed by atoms with Crippen molar-refractivity contribution in [1.82, 2.24) is 10.3 Å². The first kappa shape index (κ1) is 22.7. The van der Waals surface area contributed by atoms with Crippen molar-refractivity contribution in [2.45, 2.75) is 45.3 Å². The lowest BCUT2D eigenvalue weighted by Crippen LogP contribution is -2.66. The molecule has 1 atom stereocenters. The number of hydrogen-bond acceptors (Lipinski definition) is 4. The Labute approximate surface area is 188 Å². The van der Waals surface area contributed by atoms with Gasteiger partial charge in [0.05, 0.1) is 5.57 Å². The summed E-state index contributed by atoms with van der Waals surface area (Å²) >= 11 is 0. The van der Waals surface area contributed by atoms with Crippen LogP contribution in [0.2, 0.25) is 0 Å². The third-order valence-corrected chi connectivity index (χ3v) is 5.98. The van der Waals surface area contributed by atoms with Crippen LogP contribution in [-0.2, 0) is 9.59 Å². The number of Topliss-reactive ketones (excluding diaryl/α,β-unsaturated/α-hetero) is 1. The zero-order chi connectivity index (χ0) is 24.2. The van der Waals surface area contributed by atoms with Crippen LogP contribution in [0.4, 0.5) is 18.9 Å². The van der Waals surface area contributed by atoms with Gasteiger partial charge in [-0.15, -0.1) is 0 Å². The maximum absolute atomic E-state index is 14.8. The highest BCUT2D eigenvalue weighted by atomic mass is 19.4. The van der Waals surface area contributed by atoms with Gasteiger partial charge in [0, 0.05) is 35.8 Å². The van der Waals surface area contributed by atoms with Crippen LogP contribution < -0.4 is 10.2 Å². The third kappa shape index (κ3) is 3.61. The van der Waals surface area contributed by atoms with Crippen molar-refractivity contribution in [3.05, 3.63) is 71.2 Å². The molecule has 0 spiro atoms. The van der Waals surface area contributed by atoms with Gasteiger partial charge in [0.25, 0.3) is 11.8 Å². The number of pyridine rings is 1. The van der Waals surface area contributed by atoms with E-state index in [0.717, 1.165) is 10.5 Å². The number of amides is 2. The van der Waals surface area contributed by atoms with Crippen molar-refractivity contribution < 1.29 is 27.6 Å². The summed E-state index contributed by atoms with van der Waals surface area (Å²) in [4.78, 5) is 44.3. The molecule has 33 heavy (non-hydrogen) atoms. The van der Waals surface area contributed by atoms with Crippen LogP contribution in [0.15, 0.2) is 60.1 Å². The van der Waals surface area contributed by atoms with Gasteiger partial charge in [-0.2, -0.15) is 13.2 Å². The van der Waals surface area contributed by atoms with E-state index in [2.05, 4.69) is 4.98 Å². The van der Waals surface area contributed by atoms with Crippen molar-refractivity contribution in [3.63, 3.8) is 0 Å². The number of carbonyl (C=O) groups excluding carboxylic acids is 3. The second-order valence-electron chi connectivity index (χ2n) is 9.18. The number of nitrogens with one attached hydrogen (secondary N) is 1. The molecular weight excluding hydrogens is 435 g/mol. The largest absolute Gasteiger partial charge is 0.425 e. The van der Waals surface area contributed by atoms with Gasteiger partial charge in [-0.1, -0.05) is 31.5 Å². The van der Waals surface area contributed by atoms with E-state index in [0.29, 0.717) is 0 Å². The standard InChI is InChI=1S/C24H22F3N3O3/c1-14-4-6-16(7-5-14)30-17-12-22(2,3)13-18(31)19(17)23(21(30)33,24(25,26)27)29-20(32)15-8-10-28-11-9-15/h4-11H,12-13H2,1-3H3,(H,29,32)/t23-/m0/s1. The minimum absolute atomic E-state index is 0.0301. The normalized spacial score (nSPS) is 22.4. The number of rotatable bonds is 3. The number of allylic oxidation sites excluding steroid dienone is 1. The number of anilines is 1. The Morgan fingerprint density at radius 1 is 1.03 bits per heavy atom. The summed E-state index contributed by atoms with van der Waals surface area (Å²) in [6.45, 7) is 5.33. The summed E-state index contributed by atoms with van der Waals surface area (Å²) in [5.41, 5.74) is -3.93. The molecule has 2 amide bonds. The van der Waals surface area contributed by atoms with E-state index >= 15 is 0 Å². The van der Waals surface area contributed by atoms with Gasteiger partial charge in [-0.25, -0.2) is 0 Å². The highest BCUT2D eigenvalue weighted by Crippen LogP contribution is 2.52. The number of carbonyl (C=O) groups is 3. The highest BCUT2D eigenvalue weighted by Gasteiger charge is 2.72. The molecule has 2 heterocycles. The van der Waals surface area contributed by atoms with Gasteiger partial charge in [-0.3, -0.25) is 24.3 Å². The van der Waals surface area contributed by atoms with Crippen LogP contribution in [0.1, 0.15) is 42.6 Å². The van der Waals surface area contributed by atoms with Gasteiger partial charge >= 0.3 is 6.18 Å². The van der Waals surface area contributed by atoms with E-state index in [1.165, 1.54) is 36.7 Å². The van der Waals surface area contributed by atoms with Crippen molar-refractivity contribution in [2.24, 2.45) is 5.41 Å². The molecule has 0 fully saturated rings. The van der Waals surface area contributed by atoms with Crippen LogP contribution in [0.5, 0.6) is 0 Å². The summed E-state index contributed by atoms with van der Waals surface area (Å²) in [5.74, 6) is -3.35. The number of ketones is 1. The van der Waals surface area contributed by atoms with Crippen LogP contribution >= 0.6 is 0 Å². The maximum atomic E-state index is 14.8. The van der Waals surface area contributed by atoms with E-state index < -0.39 is 40.3 Å². The Kier molecular flexibility index (Phi) is 5.18. The van der Waals surface area contributed by atoms with E-state index in [1.54, 1.807) is 26.0 Å². The molecule has 1 N–H and O–H groups in total. The molecule has 2 aliphatic rings. The van der Waals surface area contributed by atoms with E-state index in [1.807, 2.05) is 12.2 Å². The number of nitrogens with zero attached hydrogens (tertiary/aromatic N) is 2. The molecule has 2 aromatic rings. The zero-order valence-electron chi connectivity index (χ0n) is 18.3. The van der Waals surface area contributed by atoms with Gasteiger partial charge in [0.1, 0.15) is 0 Å². The summed E-state index contributed by atoms with van der Waals surface area (Å²) in [6.07, 6.45) is -2.86. The number of aromatic nitrogens is 1. The number of halogens is 3. The molecule has 1 aliphatic carbocycles. The topological polar surface area (TPSA) is 79.4 Å². The fourth-order valence-corrected chi connectivity index (χ4v) is 4.46. The Morgan fingerprint density at radius 2 is 1.64 bits per heavy atom. The minimum Gasteiger partial charge on any atom is -0.326 e. The van der Waals surface area contributed by atoms with Gasteiger partial charge in [-0.05, 0) is 43.0 Å². The van der Waals surface area contributed by atoms with E-state index in [4.69, 9.17) is 0 Å². The molecule has 0 unspecified atom stereocenters. The SMILES string of the molecule is Cc1ccc(N2C(=O)[C@](NC(=O)c3ccncc3)(C(F)(F)F)C3=C2CC(C)(C)CC3=O)cc1. The predicted octanol–water partition coefficient (Wildman–Crippen LogP) is 4.11. The molecule has 0 saturated heterocycles. The Morgan fingerprint density at radius 3 is 2.21 bits per heavy atom. The quantitative estimate of drug-likeness (QED) is 0.753. The lowest BCUT2D eigenvalue weighted by atomic mass is 9.72. The van der Waals surface area contributed by atoms with Gasteiger partial charge in [0.2, 0.25) is 5.54 Å². The second-order valence-corrected chi connectivity index (χ2v) is 9.18. The molecule has 0 saturated carbocycles. The summed E-state index contributed by atoms with van der Waals surface area (Å²) in [6, 6.07) is 8.86. The monoisotopic (exact) mass is 457 g/mol. The van der Waals surface area contributed by atoms with Gasteiger partial charge < -0.3 is 5.32 Å². The Balaban J connectivity index is 1.94. The molecule has 172 valence electrons. The highest BCUT2D eigenvalue weighted by molar-refractivity contribution is 6.21. The molecule has 4 rings (SSSR count). The smallest absolute Gasteiger partial charge is 0.326 e. The van der Waals surface area contributed by atoms with Crippen molar-refractivity contribution in [2.75, 3.05) is 4.90 Å². The minimum atomic E-state index is -5.26. The Bertz CT molecular complexity index is 1170. The molecule has 1 aliphatic heterocycles. The van der Waals surface area contributed by atoms with Crippen LogP contribution in [-0.4, -0.2) is 34.3 Å². The van der Waals surface area contributed by atoms with E-state index in [9.17, 15) is 27.6 Å². The van der Waals surface area contributed by atoms with Crippen LogP contribution in [0.3, 0.4) is 0 Å². The lowest BCUT2D eigenvalue weighted by Gasteiger charge is -2.35. The van der Waals surface area contributed by atoms with E-state index in [-0.39, 0.29) is 29.8 Å². The van der Waals surface area contributed by atoms with Crippen molar-refractivity contribution in [1.29, 1.82) is 0 Å². The molecule has 6 nitrogen and oxygen atoms in total. The number of alkyl halides is 3. The average Bonchev–Trinajstić information content (AvgIpc) is 2.97. The van der Waals surface area contributed by atoms with Crippen LogP contribution in [0, 0.1) is 12.3 Å². The first-order valence-electron chi connectivity index (χ1n) is 10.3. The predicted molar refractivity (Wildman–Crippen MR) is 114 cm³/mol. The summed E-state index contributed by atoms with van der Waals surface area (Å²) in [5, 5.41) is 1.90. The number of aryl methyl sites for hydroxylation is 1. The molecule has 0 radical (unpaired) electrons. The summed E-state index contributed by atoms with van der Waals surface area (Å²) in [7, 11) is 0. The molecular formula is C24H22F3N3O3. The van der Waals surface area contributed by atoms with Gasteiger partial charge in [0.15, 0.2) is 5.78 Å². The second kappa shape index (κ2) is 7.54. The third-order valence-electron chi connectivity index (χ3n) is 5.98. The number of hydrogen-bond donors (Lipinski definition) is 1. The van der Waals surface area contributed by atoms with Crippen molar-refractivity contribution in [3.8, 4) is 0 Å².